The molecule has 2 rings (SSSR count). The highest BCUT2D eigenvalue weighted by molar-refractivity contribution is 7.12. The first-order valence-corrected chi connectivity index (χ1v) is 7.73. The van der Waals surface area contributed by atoms with Crippen LogP contribution < -0.4 is 5.32 Å². The molecular weight excluding hydrogens is 288 g/mol. The quantitative estimate of drug-likeness (QED) is 0.813. The fourth-order valence-electron chi connectivity index (χ4n) is 2.28. The summed E-state index contributed by atoms with van der Waals surface area (Å²) in [5, 5.41) is 13.4. The van der Waals surface area contributed by atoms with E-state index in [1.165, 1.54) is 18.3 Å². The van der Waals surface area contributed by atoms with Crippen molar-refractivity contribution in [2.45, 2.75) is 25.8 Å². The zero-order chi connectivity index (χ0) is 15.2. The molecule has 0 aromatic carbocycles. The maximum Gasteiger partial charge on any atom is 0.265 e. The number of hydrogen-bond acceptors (Lipinski definition) is 4. The van der Waals surface area contributed by atoms with Crippen LogP contribution >= 0.6 is 11.3 Å². The molecule has 112 valence electrons. The summed E-state index contributed by atoms with van der Waals surface area (Å²) in [5.41, 5.74) is 0.710. The van der Waals surface area contributed by atoms with E-state index in [9.17, 15) is 9.59 Å². The Morgan fingerprint density at radius 3 is 3.10 bits per heavy atom. The summed E-state index contributed by atoms with van der Waals surface area (Å²) in [6.45, 7) is 2.69. The van der Waals surface area contributed by atoms with Crippen LogP contribution in [0.1, 0.15) is 35.0 Å². The standard InChI is InChI=1S/C15H18N2O3S/c1-11(19)16-13-5-7-17(10-13)15(20)14-12(6-9-21-14)4-2-3-8-18/h6,9,13,18H,3,5,7-8,10H2,1H3,(H,16,19). The van der Waals surface area contributed by atoms with Crippen molar-refractivity contribution in [3.63, 3.8) is 0 Å². The van der Waals surface area contributed by atoms with Crippen LogP contribution in [0.5, 0.6) is 0 Å². The zero-order valence-electron chi connectivity index (χ0n) is 11.9. The molecule has 0 radical (unpaired) electrons. The Morgan fingerprint density at radius 1 is 1.57 bits per heavy atom. The largest absolute Gasteiger partial charge is 0.395 e. The third kappa shape index (κ3) is 4.06. The number of thiophene rings is 1. The van der Waals surface area contributed by atoms with E-state index in [0.717, 1.165) is 6.42 Å². The second-order valence-electron chi connectivity index (χ2n) is 4.88. The SMILES string of the molecule is CC(=O)NC1CCN(C(=O)c2sccc2C#CCCO)C1. The van der Waals surface area contributed by atoms with Gasteiger partial charge >= 0.3 is 0 Å². The summed E-state index contributed by atoms with van der Waals surface area (Å²) in [5.74, 6) is 5.66. The lowest BCUT2D eigenvalue weighted by atomic mass is 10.2. The van der Waals surface area contributed by atoms with E-state index in [2.05, 4.69) is 17.2 Å². The molecule has 1 saturated heterocycles. The summed E-state index contributed by atoms with van der Waals surface area (Å²) in [6, 6.07) is 1.86. The van der Waals surface area contributed by atoms with Gasteiger partial charge < -0.3 is 15.3 Å². The van der Waals surface area contributed by atoms with E-state index in [0.29, 0.717) is 30.0 Å². The van der Waals surface area contributed by atoms with Crippen LogP contribution in [0.4, 0.5) is 0 Å². The van der Waals surface area contributed by atoms with Gasteiger partial charge in [-0.1, -0.05) is 11.8 Å². The Bertz CT molecular complexity index is 585. The summed E-state index contributed by atoms with van der Waals surface area (Å²) in [6.07, 6.45) is 1.18. The van der Waals surface area contributed by atoms with Crippen molar-refractivity contribution in [1.29, 1.82) is 0 Å². The predicted molar refractivity (Wildman–Crippen MR) is 81.0 cm³/mol. The Balaban J connectivity index is 2.03. The number of likely N-dealkylation sites (tertiary alicyclic amines) is 1. The number of amides is 2. The van der Waals surface area contributed by atoms with Crippen molar-refractivity contribution < 1.29 is 14.7 Å². The van der Waals surface area contributed by atoms with E-state index in [1.807, 2.05) is 11.4 Å². The lowest BCUT2D eigenvalue weighted by molar-refractivity contribution is -0.119. The monoisotopic (exact) mass is 306 g/mol. The molecule has 2 amide bonds. The van der Waals surface area contributed by atoms with Gasteiger partial charge in [-0.05, 0) is 17.9 Å². The van der Waals surface area contributed by atoms with Gasteiger partial charge in [0.1, 0.15) is 4.88 Å². The lowest BCUT2D eigenvalue weighted by Gasteiger charge is -2.16. The number of nitrogens with zero attached hydrogens (tertiary/aromatic N) is 1. The number of carbonyl (C=O) groups excluding carboxylic acids is 2. The highest BCUT2D eigenvalue weighted by atomic mass is 32.1. The summed E-state index contributed by atoms with van der Waals surface area (Å²) < 4.78 is 0. The number of carbonyl (C=O) groups is 2. The summed E-state index contributed by atoms with van der Waals surface area (Å²) in [4.78, 5) is 25.9. The van der Waals surface area contributed by atoms with E-state index in [-0.39, 0.29) is 24.5 Å². The molecule has 0 saturated carbocycles. The molecule has 6 heteroatoms. The minimum atomic E-state index is -0.0685. The van der Waals surface area contributed by atoms with Gasteiger partial charge in [-0.3, -0.25) is 9.59 Å². The summed E-state index contributed by atoms with van der Waals surface area (Å²) >= 11 is 1.37. The van der Waals surface area contributed by atoms with Gasteiger partial charge in [0.2, 0.25) is 5.91 Å². The molecule has 2 N–H and O–H groups in total. The summed E-state index contributed by atoms with van der Waals surface area (Å²) in [7, 11) is 0. The molecule has 1 atom stereocenters. The van der Waals surface area contributed by atoms with Crippen molar-refractivity contribution in [2.24, 2.45) is 0 Å². The number of aliphatic hydroxyl groups excluding tert-OH is 1. The van der Waals surface area contributed by atoms with Crippen LogP contribution in [0, 0.1) is 11.8 Å². The second kappa shape index (κ2) is 7.25. The molecule has 1 aliphatic heterocycles. The lowest BCUT2D eigenvalue weighted by Crippen LogP contribution is -2.37. The van der Waals surface area contributed by atoms with Crippen LogP contribution in [0.15, 0.2) is 11.4 Å². The molecule has 1 aromatic heterocycles. The minimum Gasteiger partial charge on any atom is -0.395 e. The van der Waals surface area contributed by atoms with Crippen molar-refractivity contribution in [3.8, 4) is 11.8 Å². The zero-order valence-corrected chi connectivity index (χ0v) is 12.7. The van der Waals surface area contributed by atoms with Crippen LogP contribution in [0.25, 0.3) is 0 Å². The van der Waals surface area contributed by atoms with E-state index < -0.39 is 0 Å². The van der Waals surface area contributed by atoms with Crippen LogP contribution in [0.2, 0.25) is 0 Å². The van der Waals surface area contributed by atoms with Gasteiger partial charge in [-0.25, -0.2) is 0 Å². The van der Waals surface area contributed by atoms with E-state index >= 15 is 0 Å². The Kier molecular flexibility index (Phi) is 5.37. The minimum absolute atomic E-state index is 0.0188. The van der Waals surface area contributed by atoms with Gasteiger partial charge in [0.25, 0.3) is 5.91 Å². The van der Waals surface area contributed by atoms with Crippen LogP contribution in [-0.2, 0) is 4.79 Å². The van der Waals surface area contributed by atoms with Gasteiger partial charge in [-0.2, -0.15) is 0 Å². The number of rotatable bonds is 3. The molecule has 0 spiro atoms. The van der Waals surface area contributed by atoms with Crippen molar-refractivity contribution in [3.05, 3.63) is 21.9 Å². The predicted octanol–water partition coefficient (Wildman–Crippen LogP) is 0.833. The molecule has 0 aliphatic carbocycles. The fraction of sp³-hybridized carbons (Fsp3) is 0.467. The van der Waals surface area contributed by atoms with Crippen molar-refractivity contribution in [2.75, 3.05) is 19.7 Å². The molecule has 1 fully saturated rings. The Labute approximate surface area is 128 Å². The molecule has 2 heterocycles. The molecular formula is C15H18N2O3S. The Morgan fingerprint density at radius 2 is 2.38 bits per heavy atom. The average molecular weight is 306 g/mol. The first-order valence-electron chi connectivity index (χ1n) is 6.85. The van der Waals surface area contributed by atoms with Crippen LogP contribution in [0.3, 0.4) is 0 Å². The van der Waals surface area contributed by atoms with Crippen molar-refractivity contribution >= 4 is 23.2 Å². The normalized spacial score (nSPS) is 17.2. The molecule has 1 aliphatic rings. The number of hydrogen-bond donors (Lipinski definition) is 2. The van der Waals surface area contributed by atoms with Gasteiger partial charge in [-0.15, -0.1) is 11.3 Å². The van der Waals surface area contributed by atoms with E-state index in [1.54, 1.807) is 4.90 Å². The second-order valence-corrected chi connectivity index (χ2v) is 5.79. The third-order valence-electron chi connectivity index (χ3n) is 3.20. The molecule has 0 bridgehead atoms. The molecule has 1 unspecified atom stereocenters. The Hall–Kier alpha value is -1.84. The topological polar surface area (TPSA) is 69.6 Å². The fourth-order valence-corrected chi connectivity index (χ4v) is 3.10. The first-order chi connectivity index (χ1) is 10.1. The van der Waals surface area contributed by atoms with Crippen molar-refractivity contribution in [1.82, 2.24) is 10.2 Å². The highest BCUT2D eigenvalue weighted by Crippen LogP contribution is 2.21. The smallest absolute Gasteiger partial charge is 0.265 e. The maximum atomic E-state index is 12.5. The number of nitrogens with one attached hydrogen (secondary N) is 1. The number of aliphatic hydroxyl groups is 1. The average Bonchev–Trinajstić information content (AvgIpc) is 3.07. The molecule has 21 heavy (non-hydrogen) atoms. The molecule has 5 nitrogen and oxygen atoms in total. The van der Waals surface area contributed by atoms with Gasteiger partial charge in [0.15, 0.2) is 0 Å². The highest BCUT2D eigenvalue weighted by Gasteiger charge is 2.28. The van der Waals surface area contributed by atoms with Crippen LogP contribution in [-0.4, -0.2) is 47.6 Å². The van der Waals surface area contributed by atoms with Gasteiger partial charge in [0, 0.05) is 38.0 Å². The third-order valence-corrected chi connectivity index (χ3v) is 4.10. The first kappa shape index (κ1) is 15.5. The maximum absolute atomic E-state index is 12.5. The molecule has 1 aromatic rings. The van der Waals surface area contributed by atoms with Gasteiger partial charge in [0.05, 0.1) is 6.61 Å². The van der Waals surface area contributed by atoms with E-state index in [4.69, 9.17) is 5.11 Å².